The minimum atomic E-state index is -0.00804. The molecular formula is C21H26N2O3. The normalized spacial score (nSPS) is 19.4. The van der Waals surface area contributed by atoms with Crippen LogP contribution in [0.1, 0.15) is 18.9 Å². The summed E-state index contributed by atoms with van der Waals surface area (Å²) in [6.07, 6.45) is 0.957. The zero-order chi connectivity index (χ0) is 18.4. The molecule has 138 valence electrons. The maximum Gasteiger partial charge on any atom is 0.260 e. The fourth-order valence-electron chi connectivity index (χ4n) is 3.31. The van der Waals surface area contributed by atoms with Crippen molar-refractivity contribution in [1.82, 2.24) is 4.90 Å². The molecule has 1 fully saturated rings. The fourth-order valence-corrected chi connectivity index (χ4v) is 3.31. The van der Waals surface area contributed by atoms with Crippen LogP contribution in [-0.2, 0) is 11.4 Å². The van der Waals surface area contributed by atoms with E-state index in [0.29, 0.717) is 37.1 Å². The number of para-hydroxylation sites is 2. The first-order chi connectivity index (χ1) is 12.7. The van der Waals surface area contributed by atoms with Crippen LogP contribution in [0, 0.1) is 5.92 Å². The average Bonchev–Trinajstić information content (AvgIpc) is 3.07. The maximum absolute atomic E-state index is 12.5. The van der Waals surface area contributed by atoms with Gasteiger partial charge in [0.1, 0.15) is 6.61 Å². The fraction of sp³-hybridized carbons (Fsp3) is 0.381. The topological polar surface area (TPSA) is 64.8 Å². The molecule has 5 heteroatoms. The number of amides is 1. The number of hydrogen-bond acceptors (Lipinski definition) is 4. The van der Waals surface area contributed by atoms with Crippen LogP contribution in [0.15, 0.2) is 54.6 Å². The second-order valence-electron chi connectivity index (χ2n) is 6.74. The van der Waals surface area contributed by atoms with Gasteiger partial charge < -0.3 is 20.1 Å². The molecule has 1 aliphatic heterocycles. The van der Waals surface area contributed by atoms with Crippen LogP contribution >= 0.6 is 0 Å². The van der Waals surface area contributed by atoms with E-state index in [1.165, 1.54) is 0 Å². The number of likely N-dealkylation sites (tertiary alicyclic amines) is 1. The summed E-state index contributed by atoms with van der Waals surface area (Å²) in [5.41, 5.74) is 6.82. The van der Waals surface area contributed by atoms with Gasteiger partial charge in [0.05, 0.1) is 0 Å². The molecule has 2 N–H and O–H groups in total. The minimum Gasteiger partial charge on any atom is -0.485 e. The van der Waals surface area contributed by atoms with Gasteiger partial charge in [-0.05, 0) is 43.5 Å². The Morgan fingerprint density at radius 3 is 2.38 bits per heavy atom. The monoisotopic (exact) mass is 354 g/mol. The predicted octanol–water partition coefficient (Wildman–Crippen LogP) is 2.84. The van der Waals surface area contributed by atoms with Gasteiger partial charge in [-0.15, -0.1) is 0 Å². The Morgan fingerprint density at radius 1 is 1.08 bits per heavy atom. The van der Waals surface area contributed by atoms with E-state index in [2.05, 4.69) is 6.92 Å². The van der Waals surface area contributed by atoms with Crippen molar-refractivity contribution in [3.8, 4) is 11.5 Å². The van der Waals surface area contributed by atoms with E-state index in [-0.39, 0.29) is 18.6 Å². The van der Waals surface area contributed by atoms with Crippen molar-refractivity contribution in [3.63, 3.8) is 0 Å². The zero-order valence-corrected chi connectivity index (χ0v) is 15.1. The number of hydrogen-bond donors (Lipinski definition) is 1. The van der Waals surface area contributed by atoms with Crippen molar-refractivity contribution in [2.45, 2.75) is 26.0 Å². The number of benzene rings is 2. The van der Waals surface area contributed by atoms with Crippen LogP contribution < -0.4 is 15.2 Å². The summed E-state index contributed by atoms with van der Waals surface area (Å²) in [5, 5.41) is 0. The molecule has 2 unspecified atom stereocenters. The van der Waals surface area contributed by atoms with Crippen LogP contribution in [0.3, 0.4) is 0 Å². The molecule has 0 spiro atoms. The van der Waals surface area contributed by atoms with Crippen molar-refractivity contribution < 1.29 is 14.3 Å². The quantitative estimate of drug-likeness (QED) is 0.830. The average molecular weight is 354 g/mol. The first-order valence-corrected chi connectivity index (χ1v) is 9.05. The molecule has 1 amide bonds. The van der Waals surface area contributed by atoms with Gasteiger partial charge in [0.2, 0.25) is 0 Å². The van der Waals surface area contributed by atoms with Crippen LogP contribution in [0.5, 0.6) is 11.5 Å². The lowest BCUT2D eigenvalue weighted by molar-refractivity contribution is -0.134. The molecular weight excluding hydrogens is 328 g/mol. The molecule has 2 aromatic carbocycles. The number of rotatable bonds is 7. The molecule has 1 aliphatic rings. The predicted molar refractivity (Wildman–Crippen MR) is 101 cm³/mol. The number of nitrogens with two attached hydrogens (primary N) is 1. The van der Waals surface area contributed by atoms with Gasteiger partial charge in [0.25, 0.3) is 5.91 Å². The SMILES string of the molecule is CC1CC(CN)CN1C(=O)COc1ccccc1OCc1ccccc1. The lowest BCUT2D eigenvalue weighted by atomic mass is 10.1. The van der Waals surface area contributed by atoms with Gasteiger partial charge in [-0.3, -0.25) is 4.79 Å². The molecule has 1 saturated heterocycles. The lowest BCUT2D eigenvalue weighted by Gasteiger charge is -2.22. The molecule has 2 atom stereocenters. The summed E-state index contributed by atoms with van der Waals surface area (Å²) >= 11 is 0. The molecule has 0 aromatic heterocycles. The summed E-state index contributed by atoms with van der Waals surface area (Å²) in [6.45, 7) is 3.85. The third-order valence-electron chi connectivity index (χ3n) is 4.75. The smallest absolute Gasteiger partial charge is 0.260 e. The van der Waals surface area contributed by atoms with Gasteiger partial charge >= 0.3 is 0 Å². The van der Waals surface area contributed by atoms with Crippen LogP contribution in [0.25, 0.3) is 0 Å². The van der Waals surface area contributed by atoms with Gasteiger partial charge in [0.15, 0.2) is 18.1 Å². The Labute approximate surface area is 154 Å². The summed E-state index contributed by atoms with van der Waals surface area (Å²) in [5.74, 6) is 1.60. The van der Waals surface area contributed by atoms with E-state index in [9.17, 15) is 4.79 Å². The zero-order valence-electron chi connectivity index (χ0n) is 15.1. The molecule has 26 heavy (non-hydrogen) atoms. The van der Waals surface area contributed by atoms with Gasteiger partial charge in [-0.2, -0.15) is 0 Å². The second-order valence-corrected chi connectivity index (χ2v) is 6.74. The number of ether oxygens (including phenoxy) is 2. The van der Waals surface area contributed by atoms with Gasteiger partial charge in [-0.25, -0.2) is 0 Å². The summed E-state index contributed by atoms with van der Waals surface area (Å²) in [7, 11) is 0. The van der Waals surface area contributed by atoms with Crippen molar-refractivity contribution in [3.05, 3.63) is 60.2 Å². The number of carbonyl (C=O) groups is 1. The number of carbonyl (C=O) groups excluding carboxylic acids is 1. The first kappa shape index (κ1) is 18.3. The standard InChI is InChI=1S/C21H26N2O3/c1-16-11-18(12-22)13-23(16)21(24)15-26-20-10-6-5-9-19(20)25-14-17-7-3-2-4-8-17/h2-10,16,18H,11-15,22H2,1H3. The van der Waals surface area contributed by atoms with Gasteiger partial charge in [-0.1, -0.05) is 42.5 Å². The molecule has 0 radical (unpaired) electrons. The Kier molecular flexibility index (Phi) is 6.12. The molecule has 0 aliphatic carbocycles. The summed E-state index contributed by atoms with van der Waals surface area (Å²) in [4.78, 5) is 14.4. The van der Waals surface area contributed by atoms with Crippen LogP contribution in [0.4, 0.5) is 0 Å². The van der Waals surface area contributed by atoms with Crippen molar-refractivity contribution >= 4 is 5.91 Å². The lowest BCUT2D eigenvalue weighted by Crippen LogP contribution is -2.37. The van der Waals surface area contributed by atoms with Crippen LogP contribution in [0.2, 0.25) is 0 Å². The van der Waals surface area contributed by atoms with E-state index < -0.39 is 0 Å². The van der Waals surface area contributed by atoms with Crippen molar-refractivity contribution in [2.75, 3.05) is 19.7 Å². The largest absolute Gasteiger partial charge is 0.485 e. The Balaban J connectivity index is 1.57. The molecule has 1 heterocycles. The minimum absolute atomic E-state index is 0.00728. The molecule has 5 nitrogen and oxygen atoms in total. The molecule has 2 aromatic rings. The van der Waals surface area contributed by atoms with Crippen LogP contribution in [-0.4, -0.2) is 36.5 Å². The highest BCUT2D eigenvalue weighted by Crippen LogP contribution is 2.28. The first-order valence-electron chi connectivity index (χ1n) is 9.05. The van der Waals surface area contributed by atoms with E-state index in [4.69, 9.17) is 15.2 Å². The summed E-state index contributed by atoms with van der Waals surface area (Å²) in [6, 6.07) is 17.6. The van der Waals surface area contributed by atoms with E-state index in [1.807, 2.05) is 59.5 Å². The highest BCUT2D eigenvalue weighted by molar-refractivity contribution is 5.78. The van der Waals surface area contributed by atoms with Gasteiger partial charge in [0, 0.05) is 12.6 Å². The van der Waals surface area contributed by atoms with E-state index >= 15 is 0 Å². The Hall–Kier alpha value is -2.53. The third-order valence-corrected chi connectivity index (χ3v) is 4.75. The summed E-state index contributed by atoms with van der Waals surface area (Å²) < 4.78 is 11.6. The molecule has 0 bridgehead atoms. The molecule has 0 saturated carbocycles. The molecule has 3 rings (SSSR count). The number of nitrogens with zero attached hydrogens (tertiary/aromatic N) is 1. The van der Waals surface area contributed by atoms with Crippen molar-refractivity contribution in [1.29, 1.82) is 0 Å². The van der Waals surface area contributed by atoms with Crippen molar-refractivity contribution in [2.24, 2.45) is 11.7 Å². The van der Waals surface area contributed by atoms with E-state index in [0.717, 1.165) is 12.0 Å². The van der Waals surface area contributed by atoms with E-state index in [1.54, 1.807) is 0 Å². The Bertz CT molecular complexity index is 720. The second kappa shape index (κ2) is 8.72. The maximum atomic E-state index is 12.5. The third kappa shape index (κ3) is 4.55. The highest BCUT2D eigenvalue weighted by Gasteiger charge is 2.31. The Morgan fingerprint density at radius 2 is 1.73 bits per heavy atom. The highest BCUT2D eigenvalue weighted by atomic mass is 16.5.